The van der Waals surface area contributed by atoms with E-state index in [1.54, 1.807) is 18.2 Å². The van der Waals surface area contributed by atoms with Crippen LogP contribution in [0, 0.1) is 11.3 Å². The summed E-state index contributed by atoms with van der Waals surface area (Å²) in [4.78, 5) is 4.28. The number of hydrogen-bond acceptors (Lipinski definition) is 5. The lowest BCUT2D eigenvalue weighted by Gasteiger charge is -2.03. The van der Waals surface area contributed by atoms with E-state index in [1.807, 2.05) is 6.07 Å². The molecule has 0 spiro atoms. The highest BCUT2D eigenvalue weighted by atomic mass is 16.5. The second kappa shape index (κ2) is 5.43. The summed E-state index contributed by atoms with van der Waals surface area (Å²) in [6.07, 6.45) is 0. The van der Waals surface area contributed by atoms with Gasteiger partial charge in [0, 0.05) is 11.6 Å². The standard InChI is InChI=1S/C13H14N4O/c1-9(2)15-8-12-16-13(18-17-12)11-5-3-4-10(6-11)7-14/h3-6,9,15H,8H2,1-2H3. The zero-order valence-corrected chi connectivity index (χ0v) is 10.3. The Morgan fingerprint density at radius 2 is 2.28 bits per heavy atom. The minimum Gasteiger partial charge on any atom is -0.334 e. The van der Waals surface area contributed by atoms with Gasteiger partial charge in [-0.05, 0) is 18.2 Å². The molecule has 0 unspecified atom stereocenters. The van der Waals surface area contributed by atoms with Gasteiger partial charge in [-0.25, -0.2) is 0 Å². The fraction of sp³-hybridized carbons (Fsp3) is 0.308. The molecule has 1 aromatic heterocycles. The van der Waals surface area contributed by atoms with Gasteiger partial charge in [-0.1, -0.05) is 25.1 Å². The average Bonchev–Trinajstić information content (AvgIpc) is 2.85. The summed E-state index contributed by atoms with van der Waals surface area (Å²) in [5.41, 5.74) is 1.34. The molecule has 5 nitrogen and oxygen atoms in total. The van der Waals surface area contributed by atoms with Crippen LogP contribution in [0.4, 0.5) is 0 Å². The first-order valence-corrected chi connectivity index (χ1v) is 5.75. The Hall–Kier alpha value is -2.19. The van der Waals surface area contributed by atoms with E-state index in [2.05, 4.69) is 35.4 Å². The summed E-state index contributed by atoms with van der Waals surface area (Å²) < 4.78 is 5.17. The maximum Gasteiger partial charge on any atom is 0.258 e. The smallest absolute Gasteiger partial charge is 0.258 e. The van der Waals surface area contributed by atoms with Gasteiger partial charge in [0.05, 0.1) is 18.2 Å². The van der Waals surface area contributed by atoms with Gasteiger partial charge in [-0.15, -0.1) is 0 Å². The van der Waals surface area contributed by atoms with Crippen LogP contribution in [-0.2, 0) is 6.54 Å². The molecule has 1 N–H and O–H groups in total. The average molecular weight is 242 g/mol. The van der Waals surface area contributed by atoms with Gasteiger partial charge >= 0.3 is 0 Å². The molecule has 1 heterocycles. The SMILES string of the molecule is CC(C)NCc1noc(-c2cccc(C#N)c2)n1. The van der Waals surface area contributed by atoms with E-state index in [1.165, 1.54) is 0 Å². The summed E-state index contributed by atoms with van der Waals surface area (Å²) in [6.45, 7) is 4.67. The van der Waals surface area contributed by atoms with Crippen molar-refractivity contribution in [3.05, 3.63) is 35.7 Å². The van der Waals surface area contributed by atoms with Crippen molar-refractivity contribution >= 4 is 0 Å². The van der Waals surface area contributed by atoms with E-state index >= 15 is 0 Å². The second-order valence-corrected chi connectivity index (χ2v) is 4.24. The zero-order valence-electron chi connectivity index (χ0n) is 10.3. The molecule has 1 aromatic carbocycles. The molecule has 0 aliphatic rings. The van der Waals surface area contributed by atoms with E-state index in [0.717, 1.165) is 5.56 Å². The molecule has 0 aliphatic heterocycles. The van der Waals surface area contributed by atoms with Crippen molar-refractivity contribution in [3.63, 3.8) is 0 Å². The van der Waals surface area contributed by atoms with Crippen molar-refractivity contribution in [1.82, 2.24) is 15.5 Å². The summed E-state index contributed by atoms with van der Waals surface area (Å²) in [7, 11) is 0. The topological polar surface area (TPSA) is 74.7 Å². The first kappa shape index (κ1) is 12.3. The van der Waals surface area contributed by atoms with Crippen LogP contribution in [0.15, 0.2) is 28.8 Å². The van der Waals surface area contributed by atoms with Gasteiger partial charge in [-0.2, -0.15) is 10.2 Å². The third-order valence-corrected chi connectivity index (χ3v) is 2.38. The van der Waals surface area contributed by atoms with Crippen LogP contribution in [-0.4, -0.2) is 16.2 Å². The van der Waals surface area contributed by atoms with E-state index in [9.17, 15) is 0 Å². The van der Waals surface area contributed by atoms with Crippen LogP contribution in [0.5, 0.6) is 0 Å². The summed E-state index contributed by atoms with van der Waals surface area (Å²) in [6, 6.07) is 9.55. The molecule has 0 saturated heterocycles. The molecule has 0 saturated carbocycles. The maximum atomic E-state index is 8.83. The predicted octanol–water partition coefficient (Wildman–Crippen LogP) is 2.11. The normalized spacial score (nSPS) is 10.6. The van der Waals surface area contributed by atoms with Gasteiger partial charge in [0.1, 0.15) is 0 Å². The maximum absolute atomic E-state index is 8.83. The largest absolute Gasteiger partial charge is 0.334 e. The van der Waals surface area contributed by atoms with Crippen molar-refractivity contribution < 1.29 is 4.52 Å². The minimum atomic E-state index is 0.369. The van der Waals surface area contributed by atoms with Crippen LogP contribution in [0.2, 0.25) is 0 Å². The molecule has 0 amide bonds. The number of hydrogen-bond donors (Lipinski definition) is 1. The van der Waals surface area contributed by atoms with Gasteiger partial charge in [0.25, 0.3) is 5.89 Å². The first-order chi connectivity index (χ1) is 8.69. The van der Waals surface area contributed by atoms with Gasteiger partial charge in [-0.3, -0.25) is 0 Å². The van der Waals surface area contributed by atoms with Crippen LogP contribution in [0.25, 0.3) is 11.5 Å². The van der Waals surface area contributed by atoms with Crippen LogP contribution < -0.4 is 5.32 Å². The van der Waals surface area contributed by atoms with E-state index in [-0.39, 0.29) is 0 Å². The molecule has 5 heteroatoms. The molecule has 0 aliphatic carbocycles. The van der Waals surface area contributed by atoms with Gasteiger partial charge < -0.3 is 9.84 Å². The fourth-order valence-electron chi connectivity index (χ4n) is 1.46. The molecule has 2 rings (SSSR count). The lowest BCUT2D eigenvalue weighted by molar-refractivity contribution is 0.417. The molecule has 0 bridgehead atoms. The Labute approximate surface area is 105 Å². The third kappa shape index (κ3) is 2.93. The Morgan fingerprint density at radius 3 is 3.00 bits per heavy atom. The highest BCUT2D eigenvalue weighted by Crippen LogP contribution is 2.18. The van der Waals surface area contributed by atoms with Crippen molar-refractivity contribution in [1.29, 1.82) is 5.26 Å². The van der Waals surface area contributed by atoms with Gasteiger partial charge in [0.2, 0.25) is 0 Å². The van der Waals surface area contributed by atoms with Crippen LogP contribution >= 0.6 is 0 Å². The Balaban J connectivity index is 2.16. The minimum absolute atomic E-state index is 0.369. The number of benzene rings is 1. The fourth-order valence-corrected chi connectivity index (χ4v) is 1.46. The highest BCUT2D eigenvalue weighted by Gasteiger charge is 2.09. The Morgan fingerprint density at radius 1 is 1.44 bits per heavy atom. The molecular formula is C13H14N4O. The number of aromatic nitrogens is 2. The Kier molecular flexibility index (Phi) is 3.70. The lowest BCUT2D eigenvalue weighted by Crippen LogP contribution is -2.22. The molecule has 92 valence electrons. The van der Waals surface area contributed by atoms with Crippen molar-refractivity contribution in [2.45, 2.75) is 26.4 Å². The zero-order chi connectivity index (χ0) is 13.0. The molecule has 0 fully saturated rings. The van der Waals surface area contributed by atoms with Crippen molar-refractivity contribution in [2.24, 2.45) is 0 Å². The number of nitrogens with zero attached hydrogens (tertiary/aromatic N) is 3. The van der Waals surface area contributed by atoms with E-state index in [4.69, 9.17) is 9.78 Å². The molecule has 18 heavy (non-hydrogen) atoms. The van der Waals surface area contributed by atoms with E-state index < -0.39 is 0 Å². The van der Waals surface area contributed by atoms with Crippen LogP contribution in [0.1, 0.15) is 25.2 Å². The molecule has 0 radical (unpaired) electrons. The summed E-state index contributed by atoms with van der Waals surface area (Å²) in [5.74, 6) is 1.05. The second-order valence-electron chi connectivity index (χ2n) is 4.24. The number of nitrogens with one attached hydrogen (secondary N) is 1. The number of rotatable bonds is 4. The van der Waals surface area contributed by atoms with Gasteiger partial charge in [0.15, 0.2) is 5.82 Å². The summed E-state index contributed by atoms with van der Waals surface area (Å²) in [5, 5.41) is 15.9. The Bertz CT molecular complexity index is 568. The van der Waals surface area contributed by atoms with Crippen molar-refractivity contribution in [3.8, 4) is 17.5 Å². The van der Waals surface area contributed by atoms with E-state index in [0.29, 0.717) is 29.9 Å². The van der Waals surface area contributed by atoms with Crippen molar-refractivity contribution in [2.75, 3.05) is 0 Å². The third-order valence-electron chi connectivity index (χ3n) is 2.38. The van der Waals surface area contributed by atoms with Crippen LogP contribution in [0.3, 0.4) is 0 Å². The molecule has 0 atom stereocenters. The predicted molar refractivity (Wildman–Crippen MR) is 66.4 cm³/mol. The lowest BCUT2D eigenvalue weighted by atomic mass is 10.1. The first-order valence-electron chi connectivity index (χ1n) is 5.75. The molecule has 2 aromatic rings. The summed E-state index contributed by atoms with van der Waals surface area (Å²) >= 11 is 0. The molecular weight excluding hydrogens is 228 g/mol. The highest BCUT2D eigenvalue weighted by molar-refractivity contribution is 5.55. The number of nitriles is 1. The monoisotopic (exact) mass is 242 g/mol. The quantitative estimate of drug-likeness (QED) is 0.888.